The Morgan fingerprint density at radius 3 is 2.50 bits per heavy atom. The van der Waals surface area contributed by atoms with Crippen molar-refractivity contribution >= 4 is 5.84 Å². The Morgan fingerprint density at radius 1 is 1.38 bits per heavy atom. The van der Waals surface area contributed by atoms with Crippen LogP contribution >= 0.6 is 0 Å². The summed E-state index contributed by atoms with van der Waals surface area (Å²) >= 11 is 0. The van der Waals surface area contributed by atoms with E-state index >= 15 is 0 Å². The summed E-state index contributed by atoms with van der Waals surface area (Å²) < 4.78 is 28.5. The third-order valence-electron chi connectivity index (χ3n) is 1.81. The molecule has 88 valence electrons. The molecule has 0 aliphatic rings. The molecule has 6 heteroatoms. The first-order valence-corrected chi connectivity index (χ1v) is 4.58. The molecule has 0 aliphatic heterocycles. The van der Waals surface area contributed by atoms with Gasteiger partial charge in [-0.15, -0.1) is 0 Å². The van der Waals surface area contributed by atoms with Crippen LogP contribution in [0.5, 0.6) is 5.75 Å². The van der Waals surface area contributed by atoms with Gasteiger partial charge < -0.3 is 15.7 Å². The highest BCUT2D eigenvalue weighted by Gasteiger charge is 2.03. The second-order valence-corrected chi connectivity index (χ2v) is 3.11. The molecule has 0 amide bonds. The van der Waals surface area contributed by atoms with Crippen LogP contribution in [0.25, 0.3) is 0 Å². The molecule has 0 saturated heterocycles. The molecule has 0 unspecified atom stereocenters. The predicted octanol–water partition coefficient (Wildman–Crippen LogP) is 1.62. The minimum absolute atomic E-state index is 0.0845. The number of halogens is 2. The third kappa shape index (κ3) is 4.12. The van der Waals surface area contributed by atoms with Crippen LogP contribution < -0.4 is 10.5 Å². The van der Waals surface area contributed by atoms with Crippen molar-refractivity contribution in [1.29, 1.82) is 0 Å². The molecule has 0 spiro atoms. The topological polar surface area (TPSA) is 67.8 Å². The minimum atomic E-state index is -2.49. The van der Waals surface area contributed by atoms with Crippen molar-refractivity contribution < 1.29 is 18.7 Å². The van der Waals surface area contributed by atoms with E-state index in [4.69, 9.17) is 15.7 Å². The Hall–Kier alpha value is -1.85. The predicted molar refractivity (Wildman–Crippen MR) is 55.1 cm³/mol. The number of amidine groups is 1. The first kappa shape index (κ1) is 12.2. The van der Waals surface area contributed by atoms with Gasteiger partial charge in [0.25, 0.3) is 6.43 Å². The first-order valence-electron chi connectivity index (χ1n) is 4.58. The van der Waals surface area contributed by atoms with Crippen molar-refractivity contribution in [3.63, 3.8) is 0 Å². The van der Waals surface area contributed by atoms with E-state index in [0.29, 0.717) is 12.2 Å². The van der Waals surface area contributed by atoms with E-state index in [-0.39, 0.29) is 5.84 Å². The van der Waals surface area contributed by atoms with Crippen LogP contribution in [0.4, 0.5) is 8.78 Å². The van der Waals surface area contributed by atoms with Gasteiger partial charge in [0.15, 0.2) is 0 Å². The lowest BCUT2D eigenvalue weighted by atomic mass is 10.1. The Labute approximate surface area is 91.3 Å². The number of ether oxygens (including phenoxy) is 1. The quantitative estimate of drug-likeness (QED) is 0.349. The summed E-state index contributed by atoms with van der Waals surface area (Å²) in [5.74, 6) is 0.449. The van der Waals surface area contributed by atoms with E-state index in [1.165, 1.54) is 0 Å². The molecule has 0 bridgehead atoms. The Morgan fingerprint density at radius 2 is 2.00 bits per heavy atom. The molecule has 0 aliphatic carbocycles. The van der Waals surface area contributed by atoms with Crippen LogP contribution in [-0.2, 0) is 6.42 Å². The number of nitrogens with zero attached hydrogens (tertiary/aromatic N) is 1. The summed E-state index contributed by atoms with van der Waals surface area (Å²) in [6, 6.07) is 6.45. The van der Waals surface area contributed by atoms with Crippen LogP contribution in [0.2, 0.25) is 0 Å². The fraction of sp³-hybridized carbons (Fsp3) is 0.300. The molecule has 0 aromatic heterocycles. The zero-order chi connectivity index (χ0) is 12.0. The molecule has 0 heterocycles. The lowest BCUT2D eigenvalue weighted by Crippen LogP contribution is -2.14. The van der Waals surface area contributed by atoms with Gasteiger partial charge in [0, 0.05) is 6.42 Å². The van der Waals surface area contributed by atoms with Crippen molar-refractivity contribution in [2.24, 2.45) is 10.9 Å². The fourth-order valence-corrected chi connectivity index (χ4v) is 1.11. The Balaban J connectivity index is 2.54. The van der Waals surface area contributed by atoms with Crippen LogP contribution in [0.1, 0.15) is 5.56 Å². The number of hydrogen-bond donors (Lipinski definition) is 2. The summed E-state index contributed by atoms with van der Waals surface area (Å²) in [5, 5.41) is 11.2. The number of oxime groups is 1. The van der Waals surface area contributed by atoms with Gasteiger partial charge in [0.2, 0.25) is 0 Å². The summed E-state index contributed by atoms with van der Waals surface area (Å²) in [7, 11) is 0. The molecule has 0 atom stereocenters. The first-order chi connectivity index (χ1) is 7.61. The Kier molecular flexibility index (Phi) is 4.50. The zero-order valence-corrected chi connectivity index (χ0v) is 8.44. The lowest BCUT2D eigenvalue weighted by Gasteiger charge is -2.06. The van der Waals surface area contributed by atoms with Gasteiger partial charge in [-0.1, -0.05) is 17.3 Å². The van der Waals surface area contributed by atoms with Crippen LogP contribution in [0.3, 0.4) is 0 Å². The van der Waals surface area contributed by atoms with Gasteiger partial charge in [-0.25, -0.2) is 8.78 Å². The number of nitrogens with two attached hydrogens (primary N) is 1. The van der Waals surface area contributed by atoms with E-state index in [0.717, 1.165) is 5.56 Å². The average molecular weight is 230 g/mol. The molecule has 3 N–H and O–H groups in total. The van der Waals surface area contributed by atoms with Gasteiger partial charge >= 0.3 is 0 Å². The lowest BCUT2D eigenvalue weighted by molar-refractivity contribution is 0.0819. The molecule has 0 radical (unpaired) electrons. The smallest absolute Gasteiger partial charge is 0.272 e. The number of alkyl halides is 2. The second kappa shape index (κ2) is 5.89. The molecule has 1 rings (SSSR count). The second-order valence-electron chi connectivity index (χ2n) is 3.11. The minimum Gasteiger partial charge on any atom is -0.488 e. The molecular weight excluding hydrogens is 218 g/mol. The van der Waals surface area contributed by atoms with Crippen LogP contribution in [0.15, 0.2) is 29.4 Å². The normalized spacial score (nSPS) is 11.8. The van der Waals surface area contributed by atoms with Gasteiger partial charge in [-0.3, -0.25) is 0 Å². The number of rotatable bonds is 5. The van der Waals surface area contributed by atoms with Gasteiger partial charge in [0.05, 0.1) is 0 Å². The van der Waals surface area contributed by atoms with E-state index in [1.807, 2.05) is 0 Å². The summed E-state index contributed by atoms with van der Waals surface area (Å²) in [5.41, 5.74) is 6.12. The van der Waals surface area contributed by atoms with E-state index in [9.17, 15) is 8.78 Å². The molecule has 4 nitrogen and oxygen atoms in total. The van der Waals surface area contributed by atoms with E-state index < -0.39 is 13.0 Å². The fourth-order valence-electron chi connectivity index (χ4n) is 1.11. The highest BCUT2D eigenvalue weighted by molar-refractivity contribution is 5.81. The molecule has 16 heavy (non-hydrogen) atoms. The van der Waals surface area contributed by atoms with Crippen molar-refractivity contribution in [2.45, 2.75) is 12.8 Å². The van der Waals surface area contributed by atoms with Crippen LogP contribution in [-0.4, -0.2) is 24.1 Å². The molecule has 0 saturated carbocycles. The average Bonchev–Trinajstić information content (AvgIpc) is 2.28. The van der Waals surface area contributed by atoms with Crippen molar-refractivity contribution in [2.75, 3.05) is 6.61 Å². The maximum Gasteiger partial charge on any atom is 0.272 e. The summed E-state index contributed by atoms with van der Waals surface area (Å²) in [6.07, 6.45) is -2.19. The zero-order valence-electron chi connectivity index (χ0n) is 8.44. The summed E-state index contributed by atoms with van der Waals surface area (Å²) in [4.78, 5) is 0. The van der Waals surface area contributed by atoms with Crippen molar-refractivity contribution in [3.05, 3.63) is 29.8 Å². The van der Waals surface area contributed by atoms with Gasteiger partial charge in [0.1, 0.15) is 18.2 Å². The number of hydrogen-bond acceptors (Lipinski definition) is 3. The standard InChI is InChI=1S/C10H12F2N2O2/c11-9(12)6-16-8-3-1-7(2-4-8)5-10(13)14-15/h1-4,9,15H,5-6H2,(H2,13,14). The summed E-state index contributed by atoms with van der Waals surface area (Å²) in [6.45, 7) is -0.625. The van der Waals surface area contributed by atoms with E-state index in [2.05, 4.69) is 5.16 Å². The van der Waals surface area contributed by atoms with Gasteiger partial charge in [-0.05, 0) is 17.7 Å². The van der Waals surface area contributed by atoms with E-state index in [1.54, 1.807) is 24.3 Å². The monoisotopic (exact) mass is 230 g/mol. The molecule has 1 aromatic rings. The highest BCUT2D eigenvalue weighted by atomic mass is 19.3. The highest BCUT2D eigenvalue weighted by Crippen LogP contribution is 2.13. The Bertz CT molecular complexity index is 352. The van der Waals surface area contributed by atoms with Gasteiger partial charge in [-0.2, -0.15) is 0 Å². The molecule has 1 aromatic carbocycles. The largest absolute Gasteiger partial charge is 0.488 e. The van der Waals surface area contributed by atoms with Crippen LogP contribution in [0, 0.1) is 0 Å². The van der Waals surface area contributed by atoms with Crippen molar-refractivity contribution in [3.8, 4) is 5.75 Å². The molecular formula is C10H12F2N2O2. The third-order valence-corrected chi connectivity index (χ3v) is 1.81. The maximum atomic E-state index is 11.8. The SMILES string of the molecule is N/C(Cc1ccc(OCC(F)F)cc1)=N\O. The maximum absolute atomic E-state index is 11.8. The molecule has 0 fully saturated rings. The number of benzene rings is 1. The van der Waals surface area contributed by atoms with Crippen molar-refractivity contribution in [1.82, 2.24) is 0 Å².